The summed E-state index contributed by atoms with van der Waals surface area (Å²) >= 11 is 2.97. The van der Waals surface area contributed by atoms with E-state index in [0.717, 1.165) is 16.3 Å². The molecule has 0 aliphatic carbocycles. The van der Waals surface area contributed by atoms with Gasteiger partial charge in [0.15, 0.2) is 0 Å². The molecule has 0 saturated carbocycles. The molecule has 2 amide bonds. The summed E-state index contributed by atoms with van der Waals surface area (Å²) in [6.07, 6.45) is 0.700. The minimum Gasteiger partial charge on any atom is -0.378 e. The fourth-order valence-electron chi connectivity index (χ4n) is 2.77. The maximum Gasteiger partial charge on any atom is 0.232 e. The molecule has 28 heavy (non-hydrogen) atoms. The van der Waals surface area contributed by atoms with Gasteiger partial charge in [0.1, 0.15) is 5.01 Å². The van der Waals surface area contributed by atoms with Gasteiger partial charge in [0.05, 0.1) is 30.4 Å². The van der Waals surface area contributed by atoms with Crippen LogP contribution in [0.15, 0.2) is 29.6 Å². The quantitative estimate of drug-likeness (QED) is 0.711. The normalized spacial score (nSPS) is 14.1. The molecule has 0 radical (unpaired) electrons. The van der Waals surface area contributed by atoms with Crippen LogP contribution >= 0.6 is 23.1 Å². The molecule has 1 aromatic carbocycles. The van der Waals surface area contributed by atoms with E-state index < -0.39 is 0 Å². The molecule has 2 aromatic rings. The zero-order valence-electron chi connectivity index (χ0n) is 16.0. The third-order valence-electron chi connectivity index (χ3n) is 4.38. The molecule has 1 aliphatic heterocycles. The minimum absolute atomic E-state index is 0.0474. The van der Waals surface area contributed by atoms with E-state index in [1.807, 2.05) is 5.38 Å². The van der Waals surface area contributed by atoms with Gasteiger partial charge in [-0.2, -0.15) is 0 Å². The molecule has 0 unspecified atom stereocenters. The summed E-state index contributed by atoms with van der Waals surface area (Å²) in [5.74, 6) is 0.655. The number of hydrogen-bond acceptors (Lipinski definition) is 6. The van der Waals surface area contributed by atoms with E-state index in [0.29, 0.717) is 50.8 Å². The van der Waals surface area contributed by atoms with E-state index in [2.05, 4.69) is 41.5 Å². The van der Waals surface area contributed by atoms with Gasteiger partial charge in [-0.1, -0.05) is 29.8 Å². The molecule has 1 aliphatic rings. The van der Waals surface area contributed by atoms with Crippen LogP contribution in [0.1, 0.15) is 11.3 Å². The molecule has 8 heteroatoms. The number of hydrogen-bond donors (Lipinski definition) is 1. The first-order valence-electron chi connectivity index (χ1n) is 9.33. The number of carbonyl (C=O) groups excluding carboxylic acids is 2. The molecule has 0 spiro atoms. The lowest BCUT2D eigenvalue weighted by molar-refractivity contribution is -0.132. The Labute approximate surface area is 173 Å². The van der Waals surface area contributed by atoms with Crippen LogP contribution < -0.4 is 5.32 Å². The van der Waals surface area contributed by atoms with Crippen LogP contribution in [0.25, 0.3) is 10.6 Å². The Morgan fingerprint density at radius 1 is 1.21 bits per heavy atom. The first-order chi connectivity index (χ1) is 13.6. The number of benzene rings is 1. The van der Waals surface area contributed by atoms with E-state index in [1.54, 1.807) is 16.2 Å². The second-order valence-corrected chi connectivity index (χ2v) is 8.44. The van der Waals surface area contributed by atoms with Crippen molar-refractivity contribution in [3.63, 3.8) is 0 Å². The number of amides is 2. The smallest absolute Gasteiger partial charge is 0.232 e. The topological polar surface area (TPSA) is 71.5 Å². The summed E-state index contributed by atoms with van der Waals surface area (Å²) in [5.41, 5.74) is 3.33. The number of nitrogens with one attached hydrogen (secondary N) is 1. The van der Waals surface area contributed by atoms with Crippen molar-refractivity contribution in [1.29, 1.82) is 0 Å². The van der Waals surface area contributed by atoms with Gasteiger partial charge in [-0.3, -0.25) is 9.59 Å². The van der Waals surface area contributed by atoms with Crippen molar-refractivity contribution in [2.75, 3.05) is 44.4 Å². The number of thiazole rings is 1. The second kappa shape index (κ2) is 10.6. The van der Waals surface area contributed by atoms with Crippen LogP contribution in [0.3, 0.4) is 0 Å². The standard InChI is InChI=1S/C20H25N3O3S2/c1-15-2-4-16(5-3-15)20-22-17(12-28-20)6-7-21-18(24)13-27-14-19(25)23-8-10-26-11-9-23/h2-5,12H,6-11,13-14H2,1H3,(H,21,24). The Kier molecular flexibility index (Phi) is 7.88. The van der Waals surface area contributed by atoms with Crippen molar-refractivity contribution in [2.24, 2.45) is 0 Å². The lowest BCUT2D eigenvalue weighted by Crippen LogP contribution is -2.41. The summed E-state index contributed by atoms with van der Waals surface area (Å²) in [7, 11) is 0. The molecule has 6 nitrogen and oxygen atoms in total. The summed E-state index contributed by atoms with van der Waals surface area (Å²) in [4.78, 5) is 30.4. The average Bonchev–Trinajstić information content (AvgIpc) is 3.18. The van der Waals surface area contributed by atoms with Gasteiger partial charge in [-0.05, 0) is 6.92 Å². The van der Waals surface area contributed by atoms with Crippen molar-refractivity contribution in [3.8, 4) is 10.6 Å². The van der Waals surface area contributed by atoms with Crippen LogP contribution in [0.5, 0.6) is 0 Å². The highest BCUT2D eigenvalue weighted by atomic mass is 32.2. The lowest BCUT2D eigenvalue weighted by atomic mass is 10.2. The number of rotatable bonds is 8. The number of ether oxygens (including phenoxy) is 1. The zero-order valence-corrected chi connectivity index (χ0v) is 17.6. The van der Waals surface area contributed by atoms with E-state index in [9.17, 15) is 9.59 Å². The number of carbonyl (C=O) groups is 2. The average molecular weight is 420 g/mol. The van der Waals surface area contributed by atoms with Crippen molar-refractivity contribution in [3.05, 3.63) is 40.9 Å². The van der Waals surface area contributed by atoms with Crippen molar-refractivity contribution in [1.82, 2.24) is 15.2 Å². The van der Waals surface area contributed by atoms with Crippen molar-refractivity contribution in [2.45, 2.75) is 13.3 Å². The fourth-order valence-corrected chi connectivity index (χ4v) is 4.37. The Hall–Kier alpha value is -1.90. The number of aryl methyl sites for hydroxylation is 1. The highest BCUT2D eigenvalue weighted by Gasteiger charge is 2.16. The van der Waals surface area contributed by atoms with E-state index in [-0.39, 0.29) is 11.8 Å². The van der Waals surface area contributed by atoms with Crippen LogP contribution in [0.2, 0.25) is 0 Å². The molecule has 1 fully saturated rings. The van der Waals surface area contributed by atoms with Crippen LogP contribution in [-0.2, 0) is 20.7 Å². The summed E-state index contributed by atoms with van der Waals surface area (Å²) in [6, 6.07) is 8.32. The Morgan fingerprint density at radius 3 is 2.71 bits per heavy atom. The Bertz CT molecular complexity index is 786. The van der Waals surface area contributed by atoms with E-state index >= 15 is 0 Å². The summed E-state index contributed by atoms with van der Waals surface area (Å²) in [5, 5.41) is 5.94. The van der Waals surface area contributed by atoms with Gasteiger partial charge in [-0.15, -0.1) is 23.1 Å². The molecule has 1 aromatic heterocycles. The number of thioether (sulfide) groups is 1. The first kappa shape index (κ1) is 20.8. The largest absolute Gasteiger partial charge is 0.378 e. The third kappa shape index (κ3) is 6.32. The molecular weight excluding hydrogens is 394 g/mol. The van der Waals surface area contributed by atoms with Crippen molar-refractivity contribution >= 4 is 34.9 Å². The van der Waals surface area contributed by atoms with Crippen LogP contribution in [0.4, 0.5) is 0 Å². The van der Waals surface area contributed by atoms with Crippen LogP contribution in [0, 0.1) is 6.92 Å². The predicted molar refractivity (Wildman–Crippen MR) is 114 cm³/mol. The van der Waals surface area contributed by atoms with Gasteiger partial charge in [0, 0.05) is 37.0 Å². The van der Waals surface area contributed by atoms with E-state index in [1.165, 1.54) is 17.3 Å². The van der Waals surface area contributed by atoms with E-state index in [4.69, 9.17) is 4.74 Å². The van der Waals surface area contributed by atoms with Crippen molar-refractivity contribution < 1.29 is 14.3 Å². The van der Waals surface area contributed by atoms with Crippen LogP contribution in [-0.4, -0.2) is 66.1 Å². The number of aromatic nitrogens is 1. The monoisotopic (exact) mass is 419 g/mol. The second-order valence-electron chi connectivity index (χ2n) is 6.60. The molecule has 3 rings (SSSR count). The summed E-state index contributed by atoms with van der Waals surface area (Å²) < 4.78 is 5.24. The summed E-state index contributed by atoms with van der Waals surface area (Å²) in [6.45, 7) is 5.09. The van der Waals surface area contributed by atoms with Gasteiger partial charge in [-0.25, -0.2) is 4.98 Å². The number of morpholine rings is 1. The minimum atomic E-state index is -0.0474. The first-order valence-corrected chi connectivity index (χ1v) is 11.4. The predicted octanol–water partition coefficient (Wildman–Crippen LogP) is 2.37. The molecule has 150 valence electrons. The fraction of sp³-hybridized carbons (Fsp3) is 0.450. The lowest BCUT2D eigenvalue weighted by Gasteiger charge is -2.26. The molecule has 0 bridgehead atoms. The Balaban J connectivity index is 1.33. The van der Waals surface area contributed by atoms with Gasteiger partial charge < -0.3 is 15.0 Å². The van der Waals surface area contributed by atoms with Gasteiger partial charge in [0.2, 0.25) is 11.8 Å². The van der Waals surface area contributed by atoms with Gasteiger partial charge >= 0.3 is 0 Å². The highest BCUT2D eigenvalue weighted by molar-refractivity contribution is 8.00. The molecule has 2 heterocycles. The molecule has 0 atom stereocenters. The van der Waals surface area contributed by atoms with Gasteiger partial charge in [0.25, 0.3) is 0 Å². The zero-order chi connectivity index (χ0) is 19.8. The highest BCUT2D eigenvalue weighted by Crippen LogP contribution is 2.24. The molecule has 1 saturated heterocycles. The Morgan fingerprint density at radius 2 is 1.96 bits per heavy atom. The third-order valence-corrected chi connectivity index (χ3v) is 6.23. The maximum atomic E-state index is 12.0. The number of nitrogens with zero attached hydrogens (tertiary/aromatic N) is 2. The maximum absolute atomic E-state index is 12.0. The SMILES string of the molecule is Cc1ccc(-c2nc(CCNC(=O)CSCC(=O)N3CCOCC3)cs2)cc1. The molecular formula is C20H25N3O3S2. The molecule has 1 N–H and O–H groups in total.